The lowest BCUT2D eigenvalue weighted by Crippen LogP contribution is -2.31. The molecule has 8 nitrogen and oxygen atoms in total. The number of carbonyl (C=O) groups excluding carboxylic acids is 1. The Hall–Kier alpha value is -4.46. The van der Waals surface area contributed by atoms with Crippen molar-refractivity contribution in [2.45, 2.75) is 13.5 Å². The molecule has 32 heavy (non-hydrogen) atoms. The van der Waals surface area contributed by atoms with Crippen LogP contribution in [0.15, 0.2) is 77.6 Å². The average molecular weight is 429 g/mol. The van der Waals surface area contributed by atoms with Gasteiger partial charge in [-0.25, -0.2) is 9.48 Å². The van der Waals surface area contributed by atoms with Crippen LogP contribution >= 0.6 is 0 Å². The van der Waals surface area contributed by atoms with Crippen LogP contribution in [0.2, 0.25) is 0 Å². The number of amides is 1. The highest BCUT2D eigenvalue weighted by Crippen LogP contribution is 2.29. The quantitative estimate of drug-likeness (QED) is 0.482. The number of ether oxygens (including phenoxy) is 1. The van der Waals surface area contributed by atoms with Gasteiger partial charge in [-0.2, -0.15) is 5.10 Å². The number of aromatic carboxylic acids is 1. The van der Waals surface area contributed by atoms with Gasteiger partial charge in [-0.1, -0.05) is 48.0 Å². The van der Waals surface area contributed by atoms with Crippen molar-refractivity contribution in [3.8, 4) is 11.5 Å². The minimum atomic E-state index is -1.28. The van der Waals surface area contributed by atoms with E-state index in [4.69, 9.17) is 4.74 Å². The first-order valence-electron chi connectivity index (χ1n) is 9.79. The fourth-order valence-corrected chi connectivity index (χ4v) is 3.22. The number of rotatable bonds is 6. The van der Waals surface area contributed by atoms with Crippen LogP contribution in [0.4, 0.5) is 5.69 Å². The SMILES string of the molecule is Cc1ccc(Oc2ccccc2NC(=O)Cn2nc(C(=O)O)c3ccccc3c2=O)cc1. The number of carboxylic acids is 1. The third-order valence-electron chi connectivity index (χ3n) is 4.77. The third-order valence-corrected chi connectivity index (χ3v) is 4.77. The molecule has 0 saturated carbocycles. The molecule has 4 aromatic rings. The van der Waals surface area contributed by atoms with E-state index in [2.05, 4.69) is 10.4 Å². The number of carboxylic acid groups (broad SMARTS) is 1. The summed E-state index contributed by atoms with van der Waals surface area (Å²) in [5, 5.41) is 16.5. The van der Waals surface area contributed by atoms with Crippen molar-refractivity contribution in [3.05, 3.63) is 94.4 Å². The summed E-state index contributed by atoms with van der Waals surface area (Å²) < 4.78 is 6.72. The van der Waals surface area contributed by atoms with E-state index in [1.54, 1.807) is 36.4 Å². The number of aryl methyl sites for hydroxylation is 1. The van der Waals surface area contributed by atoms with Gasteiger partial charge >= 0.3 is 5.97 Å². The highest BCUT2D eigenvalue weighted by atomic mass is 16.5. The van der Waals surface area contributed by atoms with Crippen molar-refractivity contribution in [1.29, 1.82) is 0 Å². The zero-order valence-corrected chi connectivity index (χ0v) is 17.1. The lowest BCUT2D eigenvalue weighted by molar-refractivity contribution is -0.117. The van der Waals surface area contributed by atoms with Crippen molar-refractivity contribution >= 4 is 28.3 Å². The minimum absolute atomic E-state index is 0.177. The van der Waals surface area contributed by atoms with Crippen LogP contribution < -0.4 is 15.6 Å². The molecule has 0 unspecified atom stereocenters. The van der Waals surface area contributed by atoms with Crippen LogP contribution in [-0.4, -0.2) is 26.8 Å². The molecule has 8 heteroatoms. The number of nitrogens with one attached hydrogen (secondary N) is 1. The van der Waals surface area contributed by atoms with Crippen molar-refractivity contribution in [2.75, 3.05) is 5.32 Å². The van der Waals surface area contributed by atoms with Crippen LogP contribution in [0, 0.1) is 6.92 Å². The number of anilines is 1. The monoisotopic (exact) mass is 429 g/mol. The van der Waals surface area contributed by atoms with E-state index in [-0.39, 0.29) is 16.5 Å². The fraction of sp³-hybridized carbons (Fsp3) is 0.0833. The standard InChI is InChI=1S/C24H19N3O5/c1-15-10-12-16(13-11-15)32-20-9-5-4-8-19(20)25-21(28)14-27-23(29)18-7-3-2-6-17(18)22(26-27)24(30)31/h2-13H,14H2,1H3,(H,25,28)(H,30,31). The Labute approximate surface area is 182 Å². The molecule has 0 radical (unpaired) electrons. The highest BCUT2D eigenvalue weighted by molar-refractivity contribution is 6.01. The molecule has 1 heterocycles. The van der Waals surface area contributed by atoms with Gasteiger partial charge in [0.25, 0.3) is 5.56 Å². The molecule has 0 atom stereocenters. The number of aromatic nitrogens is 2. The normalized spacial score (nSPS) is 10.7. The molecule has 0 aliphatic rings. The molecular formula is C24H19N3O5. The Morgan fingerprint density at radius 1 is 0.969 bits per heavy atom. The summed E-state index contributed by atoms with van der Waals surface area (Å²) in [5.74, 6) is -0.802. The molecule has 0 bridgehead atoms. The number of hydrogen-bond acceptors (Lipinski definition) is 5. The molecule has 0 saturated heterocycles. The van der Waals surface area contributed by atoms with Gasteiger partial charge < -0.3 is 15.2 Å². The summed E-state index contributed by atoms with van der Waals surface area (Å²) in [6, 6.07) is 20.6. The second-order valence-corrected chi connectivity index (χ2v) is 7.12. The predicted molar refractivity (Wildman–Crippen MR) is 119 cm³/mol. The topological polar surface area (TPSA) is 111 Å². The van der Waals surface area contributed by atoms with Gasteiger partial charge in [0.05, 0.1) is 11.1 Å². The summed E-state index contributed by atoms with van der Waals surface area (Å²) in [7, 11) is 0. The largest absolute Gasteiger partial charge is 0.476 e. The molecule has 3 aromatic carbocycles. The summed E-state index contributed by atoms with van der Waals surface area (Å²) in [6.07, 6.45) is 0. The number of carbonyl (C=O) groups is 2. The van der Waals surface area contributed by atoms with Crippen LogP contribution in [0.3, 0.4) is 0 Å². The van der Waals surface area contributed by atoms with Gasteiger partial charge in [0.2, 0.25) is 5.91 Å². The number of fused-ring (bicyclic) bond motifs is 1. The summed E-state index contributed by atoms with van der Waals surface area (Å²) in [4.78, 5) is 37.0. The van der Waals surface area contributed by atoms with Gasteiger partial charge in [-0.05, 0) is 37.3 Å². The number of benzene rings is 3. The molecule has 2 N–H and O–H groups in total. The molecule has 1 aromatic heterocycles. The van der Waals surface area contributed by atoms with Crippen LogP contribution in [0.1, 0.15) is 16.1 Å². The lowest BCUT2D eigenvalue weighted by atomic mass is 10.1. The van der Waals surface area contributed by atoms with E-state index < -0.39 is 24.0 Å². The maximum Gasteiger partial charge on any atom is 0.357 e. The Kier molecular flexibility index (Phi) is 5.67. The number of hydrogen-bond donors (Lipinski definition) is 2. The molecule has 0 fully saturated rings. The van der Waals surface area contributed by atoms with Gasteiger partial charge in [0, 0.05) is 5.39 Å². The molecule has 160 valence electrons. The zero-order chi connectivity index (χ0) is 22.7. The molecule has 4 rings (SSSR count). The second-order valence-electron chi connectivity index (χ2n) is 7.12. The van der Waals surface area contributed by atoms with Crippen LogP contribution in [0.5, 0.6) is 11.5 Å². The lowest BCUT2D eigenvalue weighted by Gasteiger charge is -2.13. The Morgan fingerprint density at radius 3 is 2.34 bits per heavy atom. The minimum Gasteiger partial charge on any atom is -0.476 e. The Morgan fingerprint density at radius 2 is 1.62 bits per heavy atom. The maximum absolute atomic E-state index is 12.7. The average Bonchev–Trinajstić information content (AvgIpc) is 2.78. The van der Waals surface area contributed by atoms with E-state index in [9.17, 15) is 19.5 Å². The third kappa shape index (κ3) is 4.34. The van der Waals surface area contributed by atoms with E-state index in [0.29, 0.717) is 17.2 Å². The van der Waals surface area contributed by atoms with E-state index in [1.807, 2.05) is 31.2 Å². The summed E-state index contributed by atoms with van der Waals surface area (Å²) in [6.45, 7) is 1.51. The van der Waals surface area contributed by atoms with E-state index >= 15 is 0 Å². The molecule has 0 aliphatic heterocycles. The van der Waals surface area contributed by atoms with E-state index in [0.717, 1.165) is 10.2 Å². The van der Waals surface area contributed by atoms with Crippen molar-refractivity contribution < 1.29 is 19.4 Å². The van der Waals surface area contributed by atoms with Crippen LogP contribution in [0.25, 0.3) is 10.8 Å². The van der Waals surface area contributed by atoms with Gasteiger partial charge in [0.1, 0.15) is 12.3 Å². The smallest absolute Gasteiger partial charge is 0.357 e. The molecule has 0 aliphatic carbocycles. The highest BCUT2D eigenvalue weighted by Gasteiger charge is 2.17. The van der Waals surface area contributed by atoms with Crippen molar-refractivity contribution in [2.24, 2.45) is 0 Å². The van der Waals surface area contributed by atoms with Gasteiger partial charge in [-0.15, -0.1) is 0 Å². The van der Waals surface area contributed by atoms with E-state index in [1.165, 1.54) is 12.1 Å². The van der Waals surface area contributed by atoms with Gasteiger partial charge in [-0.3, -0.25) is 9.59 Å². The fourth-order valence-electron chi connectivity index (χ4n) is 3.22. The summed E-state index contributed by atoms with van der Waals surface area (Å²) in [5.41, 5.74) is 0.652. The van der Waals surface area contributed by atoms with Crippen molar-refractivity contribution in [3.63, 3.8) is 0 Å². The zero-order valence-electron chi connectivity index (χ0n) is 17.1. The number of nitrogens with zero attached hydrogens (tertiary/aromatic N) is 2. The Balaban J connectivity index is 1.59. The van der Waals surface area contributed by atoms with Crippen LogP contribution in [-0.2, 0) is 11.3 Å². The summed E-state index contributed by atoms with van der Waals surface area (Å²) >= 11 is 0. The maximum atomic E-state index is 12.7. The number of para-hydroxylation sites is 2. The van der Waals surface area contributed by atoms with Crippen molar-refractivity contribution in [1.82, 2.24) is 9.78 Å². The first kappa shape index (κ1) is 20.8. The first-order valence-corrected chi connectivity index (χ1v) is 9.79. The molecule has 1 amide bonds. The molecular weight excluding hydrogens is 410 g/mol. The first-order chi connectivity index (χ1) is 15.4. The second kappa shape index (κ2) is 8.73. The predicted octanol–water partition coefficient (Wildman–Crippen LogP) is 3.83. The Bertz CT molecular complexity index is 1380. The molecule has 0 spiro atoms. The van der Waals surface area contributed by atoms with Gasteiger partial charge in [0.15, 0.2) is 11.4 Å².